The maximum absolute atomic E-state index is 5.69. The second-order valence-electron chi connectivity index (χ2n) is 7.80. The van der Waals surface area contributed by atoms with Crippen LogP contribution in [0.3, 0.4) is 0 Å². The second-order valence-corrected chi connectivity index (χ2v) is 7.80. The van der Waals surface area contributed by atoms with Crippen molar-refractivity contribution in [3.8, 4) is 0 Å². The van der Waals surface area contributed by atoms with E-state index in [1.807, 2.05) is 0 Å². The quantitative estimate of drug-likeness (QED) is 0.754. The molecule has 1 saturated heterocycles. The highest BCUT2D eigenvalue weighted by Gasteiger charge is 2.39. The van der Waals surface area contributed by atoms with Gasteiger partial charge in [0.25, 0.3) is 0 Å². The van der Waals surface area contributed by atoms with Crippen molar-refractivity contribution < 1.29 is 4.52 Å². The molecule has 2 aliphatic rings. The van der Waals surface area contributed by atoms with Crippen LogP contribution in [-0.2, 0) is 0 Å². The fourth-order valence-corrected chi connectivity index (χ4v) is 4.18. The van der Waals surface area contributed by atoms with Gasteiger partial charge in [-0.1, -0.05) is 25.9 Å². The largest absolute Gasteiger partial charge is 0.338 e. The van der Waals surface area contributed by atoms with Crippen molar-refractivity contribution >= 4 is 0 Å². The minimum Gasteiger partial charge on any atom is -0.338 e. The zero-order valence-corrected chi connectivity index (χ0v) is 16.0. The lowest BCUT2D eigenvalue weighted by Crippen LogP contribution is -2.60. The highest BCUT2D eigenvalue weighted by molar-refractivity contribution is 5.06. The molecule has 1 aromatic rings. The van der Waals surface area contributed by atoms with Gasteiger partial charge in [0, 0.05) is 37.1 Å². The summed E-state index contributed by atoms with van der Waals surface area (Å²) in [4.78, 5) is 10.1. The van der Waals surface area contributed by atoms with E-state index in [0.717, 1.165) is 31.2 Å². The first-order valence-electron chi connectivity index (χ1n) is 9.93. The van der Waals surface area contributed by atoms with Gasteiger partial charge in [0.15, 0.2) is 5.82 Å². The maximum atomic E-state index is 5.69. The van der Waals surface area contributed by atoms with Crippen molar-refractivity contribution in [2.75, 3.05) is 13.1 Å². The predicted molar refractivity (Wildman–Crippen MR) is 96.0 cm³/mol. The third kappa shape index (κ3) is 3.52. The Balaban J connectivity index is 1.80. The van der Waals surface area contributed by atoms with E-state index in [0.29, 0.717) is 24.0 Å². The first kappa shape index (κ1) is 17.9. The van der Waals surface area contributed by atoms with Gasteiger partial charge in [-0.3, -0.25) is 9.80 Å². The summed E-state index contributed by atoms with van der Waals surface area (Å²) in [6.45, 7) is 13.8. The van der Waals surface area contributed by atoms with E-state index in [2.05, 4.69) is 49.6 Å². The third-order valence-corrected chi connectivity index (χ3v) is 5.86. The summed E-state index contributed by atoms with van der Waals surface area (Å²) in [6.07, 6.45) is 5.83. The summed E-state index contributed by atoms with van der Waals surface area (Å²) in [6, 6.07) is 2.05. The van der Waals surface area contributed by atoms with Crippen LogP contribution in [-0.4, -0.2) is 51.2 Å². The van der Waals surface area contributed by atoms with E-state index in [-0.39, 0.29) is 6.04 Å². The van der Waals surface area contributed by atoms with Crippen molar-refractivity contribution in [2.24, 2.45) is 0 Å². The Kier molecular flexibility index (Phi) is 5.60. The molecule has 0 bridgehead atoms. The standard InChI is InChI=1S/C19H34N4O/c1-6-15-12-23(16(7-2)11-22(15)13(4)5)17(8-3)19-20-18(21-24-19)14-9-10-14/h13-17H,6-12H2,1-5H3/t15-,16+,17+/m0/s1. The fourth-order valence-electron chi connectivity index (χ4n) is 4.18. The topological polar surface area (TPSA) is 45.4 Å². The zero-order chi connectivity index (χ0) is 17.3. The van der Waals surface area contributed by atoms with Crippen LogP contribution in [0.25, 0.3) is 0 Å². The summed E-state index contributed by atoms with van der Waals surface area (Å²) in [5.74, 6) is 2.33. The number of nitrogens with zero attached hydrogens (tertiary/aromatic N) is 4. The van der Waals surface area contributed by atoms with Crippen molar-refractivity contribution in [2.45, 2.75) is 96.8 Å². The number of hydrogen-bond donors (Lipinski definition) is 0. The minimum absolute atomic E-state index is 0.262. The molecule has 24 heavy (non-hydrogen) atoms. The Morgan fingerprint density at radius 3 is 2.21 bits per heavy atom. The molecule has 1 aromatic heterocycles. The fraction of sp³-hybridized carbons (Fsp3) is 0.895. The van der Waals surface area contributed by atoms with E-state index in [1.165, 1.54) is 25.7 Å². The van der Waals surface area contributed by atoms with E-state index in [4.69, 9.17) is 9.51 Å². The smallest absolute Gasteiger partial charge is 0.244 e. The average Bonchev–Trinajstić information content (AvgIpc) is 3.33. The molecule has 1 aliphatic heterocycles. The molecule has 5 nitrogen and oxygen atoms in total. The van der Waals surface area contributed by atoms with Crippen LogP contribution >= 0.6 is 0 Å². The molecule has 0 N–H and O–H groups in total. The molecule has 136 valence electrons. The molecule has 3 atom stereocenters. The van der Waals surface area contributed by atoms with E-state index in [9.17, 15) is 0 Å². The predicted octanol–water partition coefficient (Wildman–Crippen LogP) is 3.98. The van der Waals surface area contributed by atoms with Gasteiger partial charge in [-0.25, -0.2) is 0 Å². The van der Waals surface area contributed by atoms with Crippen LogP contribution in [0.1, 0.15) is 90.4 Å². The molecule has 0 aromatic carbocycles. The van der Waals surface area contributed by atoms with Gasteiger partial charge in [0.1, 0.15) is 0 Å². The lowest BCUT2D eigenvalue weighted by atomic mass is 9.97. The van der Waals surface area contributed by atoms with E-state index in [1.54, 1.807) is 0 Å². The molecule has 2 fully saturated rings. The number of hydrogen-bond acceptors (Lipinski definition) is 5. The minimum atomic E-state index is 0.262. The molecule has 1 saturated carbocycles. The summed E-state index contributed by atoms with van der Waals surface area (Å²) in [5.41, 5.74) is 0. The van der Waals surface area contributed by atoms with Gasteiger partial charge in [-0.05, 0) is 46.0 Å². The molecule has 0 unspecified atom stereocenters. The first-order chi connectivity index (χ1) is 11.6. The number of piperazine rings is 1. The molecule has 0 spiro atoms. The Morgan fingerprint density at radius 2 is 1.67 bits per heavy atom. The highest BCUT2D eigenvalue weighted by Crippen LogP contribution is 2.39. The van der Waals surface area contributed by atoms with Crippen LogP contribution in [0, 0.1) is 0 Å². The van der Waals surface area contributed by atoms with Crippen LogP contribution in [0.2, 0.25) is 0 Å². The summed E-state index contributed by atoms with van der Waals surface area (Å²) < 4.78 is 5.69. The van der Waals surface area contributed by atoms with Gasteiger partial charge >= 0.3 is 0 Å². The monoisotopic (exact) mass is 334 g/mol. The van der Waals surface area contributed by atoms with Crippen molar-refractivity contribution in [1.29, 1.82) is 0 Å². The Bertz CT molecular complexity index is 525. The van der Waals surface area contributed by atoms with Crippen LogP contribution in [0.4, 0.5) is 0 Å². The lowest BCUT2D eigenvalue weighted by molar-refractivity contribution is -0.0245. The lowest BCUT2D eigenvalue weighted by Gasteiger charge is -2.49. The van der Waals surface area contributed by atoms with Crippen LogP contribution in [0.5, 0.6) is 0 Å². The molecular weight excluding hydrogens is 300 g/mol. The summed E-state index contributed by atoms with van der Waals surface area (Å²) in [5, 5.41) is 4.25. The van der Waals surface area contributed by atoms with Gasteiger partial charge in [0.05, 0.1) is 6.04 Å². The molecule has 1 aliphatic carbocycles. The van der Waals surface area contributed by atoms with Crippen LogP contribution in [0.15, 0.2) is 4.52 Å². The summed E-state index contributed by atoms with van der Waals surface area (Å²) in [7, 11) is 0. The zero-order valence-electron chi connectivity index (χ0n) is 16.0. The second kappa shape index (κ2) is 7.52. The molecule has 0 amide bonds. The Labute approximate surface area is 146 Å². The van der Waals surface area contributed by atoms with Crippen LogP contribution < -0.4 is 0 Å². The number of aromatic nitrogens is 2. The van der Waals surface area contributed by atoms with Crippen molar-refractivity contribution in [1.82, 2.24) is 19.9 Å². The van der Waals surface area contributed by atoms with E-state index < -0.39 is 0 Å². The maximum Gasteiger partial charge on any atom is 0.244 e. The van der Waals surface area contributed by atoms with Gasteiger partial charge in [-0.15, -0.1) is 0 Å². The molecule has 5 heteroatoms. The Morgan fingerprint density at radius 1 is 1.04 bits per heavy atom. The average molecular weight is 335 g/mol. The summed E-state index contributed by atoms with van der Waals surface area (Å²) >= 11 is 0. The van der Waals surface area contributed by atoms with Crippen molar-refractivity contribution in [3.05, 3.63) is 11.7 Å². The number of rotatable bonds is 7. The SMILES string of the molecule is CC[C@H]1CN([C@H](CC)c2nc(C3CC3)no2)[C@H](CC)CN1C(C)C. The molecule has 0 radical (unpaired) electrons. The third-order valence-electron chi connectivity index (χ3n) is 5.86. The van der Waals surface area contributed by atoms with Gasteiger partial charge in [0.2, 0.25) is 5.89 Å². The first-order valence-corrected chi connectivity index (χ1v) is 9.93. The molecular formula is C19H34N4O. The van der Waals surface area contributed by atoms with E-state index >= 15 is 0 Å². The Hall–Kier alpha value is -0.940. The normalized spacial score (nSPS) is 27.8. The van der Waals surface area contributed by atoms with Gasteiger partial charge in [-0.2, -0.15) is 4.98 Å². The van der Waals surface area contributed by atoms with Gasteiger partial charge < -0.3 is 4.52 Å². The molecule has 2 heterocycles. The van der Waals surface area contributed by atoms with Crippen molar-refractivity contribution in [3.63, 3.8) is 0 Å². The highest BCUT2D eigenvalue weighted by atomic mass is 16.5. The molecule has 3 rings (SSSR count).